The summed E-state index contributed by atoms with van der Waals surface area (Å²) in [5, 5.41) is 0. The van der Waals surface area contributed by atoms with Gasteiger partial charge in [0.2, 0.25) is 5.91 Å². The number of rotatable bonds is 4. The molecule has 1 heterocycles. The average molecular weight is 247 g/mol. The lowest BCUT2D eigenvalue weighted by atomic mass is 9.97. The van der Waals surface area contributed by atoms with E-state index in [2.05, 4.69) is 25.8 Å². The molecule has 0 aliphatic carbocycles. The van der Waals surface area contributed by atoms with Gasteiger partial charge < -0.3 is 9.80 Å². The van der Waals surface area contributed by atoms with Crippen molar-refractivity contribution >= 4 is 17.5 Å². The number of carbonyl (C=O) groups is 1. The first-order valence-electron chi connectivity index (χ1n) is 6.08. The molecule has 1 unspecified atom stereocenters. The number of carbonyl (C=O) groups excluding carboxylic acids is 1. The van der Waals surface area contributed by atoms with E-state index < -0.39 is 0 Å². The molecule has 94 valence electrons. The van der Waals surface area contributed by atoms with Gasteiger partial charge in [-0.1, -0.05) is 0 Å². The lowest BCUT2D eigenvalue weighted by Gasteiger charge is -2.35. The van der Waals surface area contributed by atoms with Crippen molar-refractivity contribution < 1.29 is 4.79 Å². The van der Waals surface area contributed by atoms with E-state index in [1.54, 1.807) is 0 Å². The summed E-state index contributed by atoms with van der Waals surface area (Å²) in [5.41, 5.74) is 0. The molecule has 1 aliphatic rings. The third kappa shape index (κ3) is 3.95. The number of piperidine rings is 1. The van der Waals surface area contributed by atoms with Crippen molar-refractivity contribution in [2.75, 3.05) is 32.6 Å². The maximum absolute atomic E-state index is 11.5. The molecule has 0 aromatic rings. The molecule has 1 amide bonds. The Bertz CT molecular complexity index is 233. The van der Waals surface area contributed by atoms with Gasteiger partial charge in [-0.25, -0.2) is 0 Å². The molecule has 0 saturated carbocycles. The van der Waals surface area contributed by atoms with Gasteiger partial charge in [-0.05, 0) is 39.7 Å². The summed E-state index contributed by atoms with van der Waals surface area (Å²) in [7, 11) is 2.15. The van der Waals surface area contributed by atoms with Gasteiger partial charge in [-0.2, -0.15) is 0 Å². The van der Waals surface area contributed by atoms with Crippen molar-refractivity contribution in [1.29, 1.82) is 0 Å². The number of nitrogens with zero attached hydrogens (tertiary/aromatic N) is 2. The second-order valence-corrected chi connectivity index (χ2v) is 5.28. The van der Waals surface area contributed by atoms with Crippen LogP contribution in [-0.2, 0) is 4.79 Å². The number of likely N-dealkylation sites (tertiary alicyclic amines) is 1. The quantitative estimate of drug-likeness (QED) is 0.707. The molecular formula is C12H23ClN2O. The van der Waals surface area contributed by atoms with Crippen LogP contribution in [-0.4, -0.2) is 54.3 Å². The molecule has 1 rings (SSSR count). The molecule has 1 atom stereocenters. The normalized spacial score (nSPS) is 21.9. The van der Waals surface area contributed by atoms with E-state index in [1.165, 1.54) is 6.42 Å². The third-order valence-corrected chi connectivity index (χ3v) is 3.64. The SMILES string of the molecule is CC(C)N(C)CC1CCCN(C(=O)CCl)C1. The van der Waals surface area contributed by atoms with E-state index in [-0.39, 0.29) is 11.8 Å². The molecule has 3 nitrogen and oxygen atoms in total. The molecule has 0 aromatic carbocycles. The Morgan fingerprint density at radius 3 is 2.81 bits per heavy atom. The number of halogens is 1. The van der Waals surface area contributed by atoms with Gasteiger partial charge in [0.15, 0.2) is 0 Å². The fourth-order valence-corrected chi connectivity index (χ4v) is 2.31. The largest absolute Gasteiger partial charge is 0.341 e. The summed E-state index contributed by atoms with van der Waals surface area (Å²) >= 11 is 5.59. The summed E-state index contributed by atoms with van der Waals surface area (Å²) < 4.78 is 0. The highest BCUT2D eigenvalue weighted by Crippen LogP contribution is 2.18. The van der Waals surface area contributed by atoms with E-state index in [0.717, 1.165) is 26.1 Å². The lowest BCUT2D eigenvalue weighted by molar-refractivity contribution is -0.130. The Kier molecular flexibility index (Phi) is 5.56. The van der Waals surface area contributed by atoms with Gasteiger partial charge in [0, 0.05) is 25.7 Å². The Hall–Kier alpha value is -0.280. The van der Waals surface area contributed by atoms with Crippen molar-refractivity contribution in [2.24, 2.45) is 5.92 Å². The van der Waals surface area contributed by atoms with Crippen LogP contribution in [0, 0.1) is 5.92 Å². The zero-order valence-corrected chi connectivity index (χ0v) is 11.3. The molecular weight excluding hydrogens is 224 g/mol. The van der Waals surface area contributed by atoms with Crippen LogP contribution in [0.3, 0.4) is 0 Å². The minimum Gasteiger partial charge on any atom is -0.341 e. The molecule has 0 spiro atoms. The van der Waals surface area contributed by atoms with Crippen LogP contribution in [0.5, 0.6) is 0 Å². The highest BCUT2D eigenvalue weighted by molar-refractivity contribution is 6.27. The van der Waals surface area contributed by atoms with E-state index in [0.29, 0.717) is 12.0 Å². The van der Waals surface area contributed by atoms with Crippen LogP contribution in [0.2, 0.25) is 0 Å². The average Bonchev–Trinajstić information content (AvgIpc) is 2.28. The monoisotopic (exact) mass is 246 g/mol. The van der Waals surface area contributed by atoms with Crippen molar-refractivity contribution in [2.45, 2.75) is 32.7 Å². The van der Waals surface area contributed by atoms with E-state index in [9.17, 15) is 4.79 Å². The van der Waals surface area contributed by atoms with Crippen molar-refractivity contribution in [3.05, 3.63) is 0 Å². The lowest BCUT2D eigenvalue weighted by Crippen LogP contribution is -2.44. The molecule has 1 saturated heterocycles. The van der Waals surface area contributed by atoms with Gasteiger partial charge in [0.25, 0.3) is 0 Å². The third-order valence-electron chi connectivity index (χ3n) is 3.41. The zero-order chi connectivity index (χ0) is 12.1. The number of hydrogen-bond donors (Lipinski definition) is 0. The number of alkyl halides is 1. The Morgan fingerprint density at radius 1 is 1.56 bits per heavy atom. The zero-order valence-electron chi connectivity index (χ0n) is 10.6. The van der Waals surface area contributed by atoms with Crippen molar-refractivity contribution in [3.8, 4) is 0 Å². The maximum Gasteiger partial charge on any atom is 0.237 e. The molecule has 0 bridgehead atoms. The molecule has 1 aliphatic heterocycles. The predicted molar refractivity (Wildman–Crippen MR) is 67.8 cm³/mol. The van der Waals surface area contributed by atoms with E-state index in [1.807, 2.05) is 4.90 Å². The first-order valence-corrected chi connectivity index (χ1v) is 6.62. The fourth-order valence-electron chi connectivity index (χ4n) is 2.14. The van der Waals surface area contributed by atoms with Crippen LogP contribution >= 0.6 is 11.6 Å². The highest BCUT2D eigenvalue weighted by atomic mass is 35.5. The molecule has 4 heteroatoms. The summed E-state index contributed by atoms with van der Waals surface area (Å²) in [5.74, 6) is 0.805. The summed E-state index contributed by atoms with van der Waals surface area (Å²) in [4.78, 5) is 15.8. The van der Waals surface area contributed by atoms with Crippen molar-refractivity contribution in [3.63, 3.8) is 0 Å². The summed E-state index contributed by atoms with van der Waals surface area (Å²) in [6, 6.07) is 0.569. The smallest absolute Gasteiger partial charge is 0.237 e. The summed E-state index contributed by atoms with van der Waals surface area (Å²) in [6.07, 6.45) is 2.34. The van der Waals surface area contributed by atoms with Crippen LogP contribution < -0.4 is 0 Å². The van der Waals surface area contributed by atoms with Crippen LogP contribution in [0.1, 0.15) is 26.7 Å². The molecule has 0 N–H and O–H groups in total. The predicted octanol–water partition coefficient (Wildman–Crippen LogP) is 1.80. The molecule has 0 aromatic heterocycles. The van der Waals surface area contributed by atoms with Crippen LogP contribution in [0.4, 0.5) is 0 Å². The molecule has 0 radical (unpaired) electrons. The fraction of sp³-hybridized carbons (Fsp3) is 0.917. The second-order valence-electron chi connectivity index (χ2n) is 5.01. The summed E-state index contributed by atoms with van der Waals surface area (Å²) in [6.45, 7) is 7.23. The Labute approximate surface area is 104 Å². The topological polar surface area (TPSA) is 23.6 Å². The first-order chi connectivity index (χ1) is 7.54. The maximum atomic E-state index is 11.5. The second kappa shape index (κ2) is 6.45. The Morgan fingerprint density at radius 2 is 2.25 bits per heavy atom. The minimum absolute atomic E-state index is 0.0820. The van der Waals surface area contributed by atoms with Gasteiger partial charge in [-0.15, -0.1) is 11.6 Å². The van der Waals surface area contributed by atoms with Gasteiger partial charge >= 0.3 is 0 Å². The van der Waals surface area contributed by atoms with E-state index in [4.69, 9.17) is 11.6 Å². The van der Waals surface area contributed by atoms with Crippen LogP contribution in [0.15, 0.2) is 0 Å². The van der Waals surface area contributed by atoms with Crippen molar-refractivity contribution in [1.82, 2.24) is 9.80 Å². The van der Waals surface area contributed by atoms with Gasteiger partial charge in [0.05, 0.1) is 0 Å². The highest BCUT2D eigenvalue weighted by Gasteiger charge is 2.24. The number of amides is 1. The standard InChI is InChI=1S/C12H23ClN2O/c1-10(2)14(3)8-11-5-4-6-15(9-11)12(16)7-13/h10-11H,4-9H2,1-3H3. The van der Waals surface area contributed by atoms with Crippen LogP contribution in [0.25, 0.3) is 0 Å². The molecule has 1 fully saturated rings. The van der Waals surface area contributed by atoms with Gasteiger partial charge in [0.1, 0.15) is 5.88 Å². The van der Waals surface area contributed by atoms with Gasteiger partial charge in [-0.3, -0.25) is 4.79 Å². The molecule has 16 heavy (non-hydrogen) atoms. The Balaban J connectivity index is 2.41. The number of hydrogen-bond acceptors (Lipinski definition) is 2. The van der Waals surface area contributed by atoms with E-state index >= 15 is 0 Å². The minimum atomic E-state index is 0.0820. The first kappa shape index (κ1) is 13.8.